The molecule has 0 aliphatic rings. The number of benzene rings is 3. The van der Waals surface area contributed by atoms with Crippen molar-refractivity contribution in [3.8, 4) is 11.1 Å². The van der Waals surface area contributed by atoms with Crippen LogP contribution in [0.2, 0.25) is 0 Å². The molecule has 0 spiro atoms. The van der Waals surface area contributed by atoms with Crippen LogP contribution in [0.3, 0.4) is 0 Å². The molecule has 4 aromatic rings. The molecule has 130 valence electrons. The molecule has 1 nitrogen and oxygen atoms in total. The molecule has 0 N–H and O–H groups in total. The van der Waals surface area contributed by atoms with E-state index in [0.717, 1.165) is 12.1 Å². The van der Waals surface area contributed by atoms with Crippen molar-refractivity contribution >= 4 is 21.8 Å². The number of hydrogen-bond donors (Lipinski definition) is 0. The first kappa shape index (κ1) is 16.4. The van der Waals surface area contributed by atoms with Gasteiger partial charge in [0.1, 0.15) is 36.1 Å². The Morgan fingerprint density at radius 2 is 1.04 bits per heavy atom. The van der Waals surface area contributed by atoms with E-state index in [1.54, 1.807) is 11.6 Å². The molecule has 0 unspecified atom stereocenters. The standard InChI is InChI=1S/C20H11F5N/c1-26-17-4-2-10(21)6-13(17)19(14-7-11(22)3-5-18(14)26)20-15(24)8-12(23)9-16(20)25/h2-9H,1H3/q+1. The van der Waals surface area contributed by atoms with Crippen LogP contribution in [0.1, 0.15) is 0 Å². The Hall–Kier alpha value is -3.02. The van der Waals surface area contributed by atoms with Gasteiger partial charge >= 0.3 is 0 Å². The Morgan fingerprint density at radius 1 is 0.577 bits per heavy atom. The van der Waals surface area contributed by atoms with Gasteiger partial charge in [0.2, 0.25) is 11.0 Å². The Bertz CT molecular complexity index is 1110. The summed E-state index contributed by atoms with van der Waals surface area (Å²) in [7, 11) is 1.68. The highest BCUT2D eigenvalue weighted by molar-refractivity contribution is 6.07. The first-order valence-electron chi connectivity index (χ1n) is 7.72. The molecular formula is C20H11F5N+. The largest absolute Gasteiger partial charge is 0.213 e. The van der Waals surface area contributed by atoms with Gasteiger partial charge in [0.05, 0.1) is 16.3 Å². The van der Waals surface area contributed by atoms with E-state index in [-0.39, 0.29) is 16.3 Å². The van der Waals surface area contributed by atoms with Crippen molar-refractivity contribution in [3.05, 3.63) is 77.6 Å². The highest BCUT2D eigenvalue weighted by atomic mass is 19.2. The maximum Gasteiger partial charge on any atom is 0.213 e. The van der Waals surface area contributed by atoms with Crippen LogP contribution in [0.25, 0.3) is 32.9 Å². The van der Waals surface area contributed by atoms with Crippen LogP contribution < -0.4 is 4.57 Å². The van der Waals surface area contributed by atoms with Crippen LogP contribution in [-0.2, 0) is 7.05 Å². The minimum absolute atomic E-state index is 0.0258. The molecule has 0 atom stereocenters. The van der Waals surface area contributed by atoms with Crippen LogP contribution in [0.4, 0.5) is 22.0 Å². The van der Waals surface area contributed by atoms with Crippen molar-refractivity contribution in [2.45, 2.75) is 0 Å². The van der Waals surface area contributed by atoms with E-state index in [1.165, 1.54) is 24.3 Å². The summed E-state index contributed by atoms with van der Waals surface area (Å²) in [6, 6.07) is 8.71. The van der Waals surface area contributed by atoms with Gasteiger partial charge in [-0.15, -0.1) is 0 Å². The number of aromatic nitrogens is 1. The highest BCUT2D eigenvalue weighted by Crippen LogP contribution is 2.37. The number of fused-ring (bicyclic) bond motifs is 2. The minimum atomic E-state index is -1.15. The summed E-state index contributed by atoms with van der Waals surface area (Å²) < 4.78 is 71.7. The van der Waals surface area contributed by atoms with E-state index in [1.807, 2.05) is 0 Å². The Kier molecular flexibility index (Phi) is 3.64. The first-order valence-corrected chi connectivity index (χ1v) is 7.72. The second-order valence-corrected chi connectivity index (χ2v) is 6.00. The van der Waals surface area contributed by atoms with E-state index in [2.05, 4.69) is 0 Å². The van der Waals surface area contributed by atoms with Gasteiger partial charge in [-0.25, -0.2) is 22.0 Å². The number of nitrogens with zero attached hydrogens (tertiary/aromatic N) is 1. The average Bonchev–Trinajstić information content (AvgIpc) is 2.56. The number of hydrogen-bond acceptors (Lipinski definition) is 0. The van der Waals surface area contributed by atoms with Gasteiger partial charge in [-0.1, -0.05) is 0 Å². The molecular weight excluding hydrogens is 349 g/mol. The second kappa shape index (κ2) is 5.76. The summed E-state index contributed by atoms with van der Waals surface area (Å²) in [5.74, 6) is -4.59. The van der Waals surface area contributed by atoms with Gasteiger partial charge in [0.15, 0.2) is 0 Å². The lowest BCUT2D eigenvalue weighted by Gasteiger charge is -2.12. The van der Waals surface area contributed by atoms with Gasteiger partial charge in [0.25, 0.3) is 0 Å². The maximum absolute atomic E-state index is 14.5. The van der Waals surface area contributed by atoms with Crippen LogP contribution in [0.5, 0.6) is 0 Å². The van der Waals surface area contributed by atoms with Crippen molar-refractivity contribution in [2.24, 2.45) is 7.05 Å². The molecule has 6 heteroatoms. The van der Waals surface area contributed by atoms with E-state index in [0.29, 0.717) is 23.2 Å². The summed E-state index contributed by atoms with van der Waals surface area (Å²) in [6.45, 7) is 0. The molecule has 0 aliphatic heterocycles. The Labute approximate surface area is 144 Å². The lowest BCUT2D eigenvalue weighted by molar-refractivity contribution is -0.617. The van der Waals surface area contributed by atoms with Gasteiger partial charge in [0, 0.05) is 29.8 Å². The summed E-state index contributed by atoms with van der Waals surface area (Å²) in [5, 5.41) is 0.380. The second-order valence-electron chi connectivity index (χ2n) is 6.00. The Balaban J connectivity index is 2.31. The summed E-state index contributed by atoms with van der Waals surface area (Å²) in [6.07, 6.45) is 0. The zero-order chi connectivity index (χ0) is 18.6. The number of aryl methyl sites for hydroxylation is 1. The third kappa shape index (κ3) is 2.41. The molecule has 0 fully saturated rings. The molecule has 3 aromatic carbocycles. The van der Waals surface area contributed by atoms with Gasteiger partial charge in [-0.05, 0) is 24.3 Å². The van der Waals surface area contributed by atoms with E-state index in [4.69, 9.17) is 0 Å². The number of halogens is 5. The monoisotopic (exact) mass is 360 g/mol. The van der Waals surface area contributed by atoms with Crippen LogP contribution in [0.15, 0.2) is 48.5 Å². The topological polar surface area (TPSA) is 3.88 Å². The normalized spacial score (nSPS) is 11.5. The van der Waals surface area contributed by atoms with Gasteiger partial charge < -0.3 is 0 Å². The van der Waals surface area contributed by atoms with Crippen LogP contribution >= 0.6 is 0 Å². The SMILES string of the molecule is C[n+]1c2ccc(F)cc2c(-c2c(F)cc(F)cc2F)c2cc(F)ccc21. The fraction of sp³-hybridized carbons (Fsp3) is 0.0500. The van der Waals surface area contributed by atoms with Crippen LogP contribution in [-0.4, -0.2) is 0 Å². The summed E-state index contributed by atoms with van der Waals surface area (Å²) in [4.78, 5) is 0. The average molecular weight is 360 g/mol. The van der Waals surface area contributed by atoms with E-state index in [9.17, 15) is 22.0 Å². The predicted octanol–water partition coefficient (Wildman–Crippen LogP) is 5.18. The van der Waals surface area contributed by atoms with Crippen molar-refractivity contribution in [1.82, 2.24) is 0 Å². The number of pyridine rings is 1. The molecule has 0 saturated carbocycles. The van der Waals surface area contributed by atoms with E-state index >= 15 is 0 Å². The zero-order valence-electron chi connectivity index (χ0n) is 13.5. The number of rotatable bonds is 1. The molecule has 0 bridgehead atoms. The third-order valence-corrected chi connectivity index (χ3v) is 4.44. The molecule has 0 amide bonds. The Morgan fingerprint density at radius 3 is 1.50 bits per heavy atom. The minimum Gasteiger partial charge on any atom is -0.207 e. The molecule has 4 rings (SSSR count). The van der Waals surface area contributed by atoms with Crippen molar-refractivity contribution < 1.29 is 26.5 Å². The smallest absolute Gasteiger partial charge is 0.207 e. The fourth-order valence-corrected chi connectivity index (χ4v) is 3.33. The van der Waals surface area contributed by atoms with Crippen molar-refractivity contribution in [3.63, 3.8) is 0 Å². The highest BCUT2D eigenvalue weighted by Gasteiger charge is 2.25. The lowest BCUT2D eigenvalue weighted by Crippen LogP contribution is -2.30. The van der Waals surface area contributed by atoms with Crippen molar-refractivity contribution in [2.75, 3.05) is 0 Å². The molecule has 1 heterocycles. The van der Waals surface area contributed by atoms with Crippen LogP contribution in [0, 0.1) is 29.1 Å². The molecule has 0 aliphatic carbocycles. The fourth-order valence-electron chi connectivity index (χ4n) is 3.33. The summed E-state index contributed by atoms with van der Waals surface area (Å²) >= 11 is 0. The third-order valence-electron chi connectivity index (χ3n) is 4.44. The summed E-state index contributed by atoms with van der Waals surface area (Å²) in [5.41, 5.74) is 0.424. The van der Waals surface area contributed by atoms with Gasteiger partial charge in [-0.3, -0.25) is 0 Å². The zero-order valence-corrected chi connectivity index (χ0v) is 13.5. The maximum atomic E-state index is 14.5. The predicted molar refractivity (Wildman–Crippen MR) is 87.9 cm³/mol. The molecule has 0 radical (unpaired) electrons. The van der Waals surface area contributed by atoms with E-state index < -0.39 is 34.6 Å². The molecule has 0 saturated heterocycles. The quantitative estimate of drug-likeness (QED) is 0.250. The first-order chi connectivity index (χ1) is 12.4. The molecule has 1 aromatic heterocycles. The van der Waals surface area contributed by atoms with Crippen molar-refractivity contribution in [1.29, 1.82) is 0 Å². The molecule has 26 heavy (non-hydrogen) atoms. The van der Waals surface area contributed by atoms with Gasteiger partial charge in [-0.2, -0.15) is 4.57 Å². The lowest BCUT2D eigenvalue weighted by atomic mass is 9.94.